The highest BCUT2D eigenvalue weighted by Gasteiger charge is 2.24. The monoisotopic (exact) mass is 339 g/mol. The predicted molar refractivity (Wildman–Crippen MR) is 90.6 cm³/mol. The van der Waals surface area contributed by atoms with Gasteiger partial charge in [0.2, 0.25) is 5.78 Å². The summed E-state index contributed by atoms with van der Waals surface area (Å²) in [6.45, 7) is 1.79. The van der Waals surface area contributed by atoms with E-state index in [1.165, 1.54) is 25.3 Å². The second kappa shape index (κ2) is 6.27. The fourth-order valence-electron chi connectivity index (χ4n) is 2.89. The molecule has 0 unspecified atom stereocenters. The van der Waals surface area contributed by atoms with Gasteiger partial charge in [-0.3, -0.25) is 14.9 Å². The van der Waals surface area contributed by atoms with E-state index in [0.29, 0.717) is 17.0 Å². The van der Waals surface area contributed by atoms with Gasteiger partial charge in [-0.25, -0.2) is 0 Å². The van der Waals surface area contributed by atoms with E-state index in [2.05, 4.69) is 6.07 Å². The van der Waals surface area contributed by atoms with Crippen molar-refractivity contribution in [3.8, 4) is 11.5 Å². The van der Waals surface area contributed by atoms with Gasteiger partial charge < -0.3 is 13.9 Å². The van der Waals surface area contributed by atoms with Gasteiger partial charge >= 0.3 is 5.69 Å². The maximum absolute atomic E-state index is 13.0. The van der Waals surface area contributed by atoms with E-state index in [-0.39, 0.29) is 22.8 Å². The van der Waals surface area contributed by atoms with Gasteiger partial charge in [-0.05, 0) is 31.2 Å². The molecule has 3 aromatic rings. The molecule has 7 nitrogen and oxygen atoms in total. The van der Waals surface area contributed by atoms with Crippen LogP contribution in [0.25, 0.3) is 5.52 Å². The van der Waals surface area contributed by atoms with Gasteiger partial charge in [0.25, 0.3) is 0 Å². The normalized spacial score (nSPS) is 10.7. The quantitative estimate of drug-likeness (QED) is 0.405. The van der Waals surface area contributed by atoms with Crippen LogP contribution in [0.2, 0.25) is 0 Å². The van der Waals surface area contributed by atoms with Crippen molar-refractivity contribution in [2.45, 2.75) is 6.92 Å². The first-order valence-electron chi connectivity index (χ1n) is 7.41. The molecule has 0 fully saturated rings. The van der Waals surface area contributed by atoms with Crippen LogP contribution in [0.15, 0.2) is 36.5 Å². The molecule has 127 valence electrons. The summed E-state index contributed by atoms with van der Waals surface area (Å²) < 4.78 is 12.2. The number of nitrogens with zero attached hydrogens (tertiary/aromatic N) is 2. The number of hydrogen-bond donors (Lipinski definition) is 0. The molecule has 7 heteroatoms. The summed E-state index contributed by atoms with van der Waals surface area (Å²) >= 11 is 0. The lowest BCUT2D eigenvalue weighted by molar-refractivity contribution is -0.385. The molecule has 0 N–H and O–H groups in total. The molecular formula is C18H15N2O5. The number of carbonyl (C=O) groups excluding carboxylic acids is 1. The zero-order valence-electron chi connectivity index (χ0n) is 13.9. The zero-order chi connectivity index (χ0) is 18.1. The molecule has 0 saturated heterocycles. The summed E-state index contributed by atoms with van der Waals surface area (Å²) in [7, 11) is 2.87. The lowest BCUT2D eigenvalue weighted by Gasteiger charge is -2.06. The third-order valence-corrected chi connectivity index (χ3v) is 4.03. The first-order chi connectivity index (χ1) is 12.0. The number of nitro benzene ring substituents is 1. The van der Waals surface area contributed by atoms with Crippen molar-refractivity contribution in [1.82, 2.24) is 4.40 Å². The Morgan fingerprint density at radius 2 is 2.00 bits per heavy atom. The van der Waals surface area contributed by atoms with Crippen molar-refractivity contribution >= 4 is 17.0 Å². The fraction of sp³-hybridized carbons (Fsp3) is 0.167. The van der Waals surface area contributed by atoms with Crippen LogP contribution in [-0.4, -0.2) is 29.3 Å². The molecule has 0 atom stereocenters. The van der Waals surface area contributed by atoms with Gasteiger partial charge in [-0.1, -0.05) is 6.07 Å². The Hall–Kier alpha value is -3.35. The van der Waals surface area contributed by atoms with Crippen LogP contribution in [0.3, 0.4) is 0 Å². The minimum Gasteiger partial charge on any atom is -0.494 e. The molecule has 1 aromatic carbocycles. The number of rotatable bonds is 5. The molecule has 2 aromatic heterocycles. The van der Waals surface area contributed by atoms with E-state index in [1.54, 1.807) is 36.8 Å². The Balaban J connectivity index is 2.18. The largest absolute Gasteiger partial charge is 0.494 e. The summed E-state index contributed by atoms with van der Waals surface area (Å²) in [6.07, 6.45) is 1.65. The highest BCUT2D eigenvalue weighted by molar-refractivity contribution is 6.10. The maximum atomic E-state index is 13.0. The van der Waals surface area contributed by atoms with E-state index in [9.17, 15) is 14.9 Å². The van der Waals surface area contributed by atoms with Crippen LogP contribution < -0.4 is 9.47 Å². The third kappa shape index (κ3) is 2.59. The molecule has 2 heterocycles. The van der Waals surface area contributed by atoms with Crippen molar-refractivity contribution in [2.75, 3.05) is 14.2 Å². The van der Waals surface area contributed by atoms with Gasteiger partial charge in [0.05, 0.1) is 24.7 Å². The second-order valence-corrected chi connectivity index (χ2v) is 5.36. The Labute approximate surface area is 143 Å². The van der Waals surface area contributed by atoms with Crippen LogP contribution in [0.4, 0.5) is 5.69 Å². The molecule has 0 bridgehead atoms. The number of pyridine rings is 1. The summed E-state index contributed by atoms with van der Waals surface area (Å²) in [5.41, 5.74) is 1.94. The number of hydrogen-bond acceptors (Lipinski definition) is 5. The number of fused-ring (bicyclic) bond motifs is 1. The Bertz CT molecular complexity index is 991. The molecule has 0 aliphatic carbocycles. The van der Waals surface area contributed by atoms with Crippen molar-refractivity contribution in [3.63, 3.8) is 0 Å². The van der Waals surface area contributed by atoms with Crippen LogP contribution >= 0.6 is 0 Å². The topological polar surface area (TPSA) is 83.1 Å². The highest BCUT2D eigenvalue weighted by Crippen LogP contribution is 2.33. The summed E-state index contributed by atoms with van der Waals surface area (Å²) in [4.78, 5) is 23.5. The SMILES string of the molecule is COc1cc(C(=O)c2c(C)c(OC)c3cc[c]cn23)ccc1[N+](=O)[O-]. The lowest BCUT2D eigenvalue weighted by atomic mass is 10.0. The van der Waals surface area contributed by atoms with E-state index in [0.717, 1.165) is 5.52 Å². The lowest BCUT2D eigenvalue weighted by Crippen LogP contribution is -2.07. The van der Waals surface area contributed by atoms with E-state index in [4.69, 9.17) is 9.47 Å². The third-order valence-electron chi connectivity index (χ3n) is 4.03. The van der Waals surface area contributed by atoms with Crippen molar-refractivity contribution in [3.05, 3.63) is 69.5 Å². The van der Waals surface area contributed by atoms with E-state index >= 15 is 0 Å². The summed E-state index contributed by atoms with van der Waals surface area (Å²) in [6, 6.07) is 10.5. The molecule has 1 radical (unpaired) electrons. The van der Waals surface area contributed by atoms with Gasteiger partial charge in [-0.15, -0.1) is 0 Å². The molecule has 0 aliphatic heterocycles. The average Bonchev–Trinajstić information content (AvgIpc) is 2.91. The smallest absolute Gasteiger partial charge is 0.310 e. The maximum Gasteiger partial charge on any atom is 0.310 e. The minimum atomic E-state index is -0.553. The number of benzene rings is 1. The van der Waals surface area contributed by atoms with E-state index < -0.39 is 4.92 Å². The highest BCUT2D eigenvalue weighted by atomic mass is 16.6. The van der Waals surface area contributed by atoms with Crippen molar-refractivity contribution < 1.29 is 19.2 Å². The summed E-state index contributed by atoms with van der Waals surface area (Å²) in [5.74, 6) is 0.350. The predicted octanol–water partition coefficient (Wildman–Crippen LogP) is 3.20. The number of aromatic nitrogens is 1. The number of ketones is 1. The van der Waals surface area contributed by atoms with Crippen LogP contribution in [0.1, 0.15) is 21.6 Å². The summed E-state index contributed by atoms with van der Waals surface area (Å²) in [5, 5.41) is 11.0. The number of methoxy groups -OCH3 is 2. The van der Waals surface area contributed by atoms with E-state index in [1.807, 2.05) is 0 Å². The number of nitro groups is 1. The Kier molecular flexibility index (Phi) is 4.14. The van der Waals surface area contributed by atoms with Crippen molar-refractivity contribution in [2.24, 2.45) is 0 Å². The molecule has 25 heavy (non-hydrogen) atoms. The number of ether oxygens (including phenoxy) is 2. The van der Waals surface area contributed by atoms with Gasteiger partial charge in [-0.2, -0.15) is 0 Å². The first-order valence-corrected chi connectivity index (χ1v) is 7.41. The average molecular weight is 339 g/mol. The molecule has 0 saturated carbocycles. The molecule has 0 spiro atoms. The second-order valence-electron chi connectivity index (χ2n) is 5.36. The fourth-order valence-corrected chi connectivity index (χ4v) is 2.89. The molecule has 3 rings (SSSR count). The molecular weight excluding hydrogens is 324 g/mol. The van der Waals surface area contributed by atoms with Crippen LogP contribution in [-0.2, 0) is 0 Å². The molecule has 0 amide bonds. The van der Waals surface area contributed by atoms with Gasteiger partial charge in [0.1, 0.15) is 11.4 Å². The van der Waals surface area contributed by atoms with Crippen LogP contribution in [0, 0.1) is 23.1 Å². The Morgan fingerprint density at radius 1 is 1.24 bits per heavy atom. The van der Waals surface area contributed by atoms with Crippen LogP contribution in [0.5, 0.6) is 11.5 Å². The van der Waals surface area contributed by atoms with Gasteiger partial charge in [0.15, 0.2) is 5.75 Å². The van der Waals surface area contributed by atoms with Crippen molar-refractivity contribution in [1.29, 1.82) is 0 Å². The zero-order valence-corrected chi connectivity index (χ0v) is 13.9. The Morgan fingerprint density at radius 3 is 2.64 bits per heavy atom. The van der Waals surface area contributed by atoms with Gasteiger partial charge in [0, 0.05) is 23.4 Å². The molecule has 0 aliphatic rings. The standard InChI is InChI=1S/C18H15N2O5/c1-11-16(19-9-5-4-6-14(19)18(11)25-3)17(21)12-7-8-13(20(22)23)15(10-12)24-2/h4,6-10H,1-3H3. The number of carbonyl (C=O) groups is 1. The minimum absolute atomic E-state index is 0.0351. The first kappa shape index (κ1) is 16.5.